The minimum Gasteiger partial charge on any atom is -0.495 e. The Labute approximate surface area is 238 Å². The number of nitrogens with one attached hydrogen (secondary N) is 1. The van der Waals surface area contributed by atoms with Crippen molar-refractivity contribution in [2.75, 3.05) is 44.6 Å². The average molecular weight is 607 g/mol. The Morgan fingerprint density at radius 3 is 2.41 bits per heavy atom. The van der Waals surface area contributed by atoms with Gasteiger partial charge in [0.25, 0.3) is 27.5 Å². The van der Waals surface area contributed by atoms with Gasteiger partial charge in [-0.3, -0.25) is 24.4 Å². The van der Waals surface area contributed by atoms with Crippen LogP contribution in [0.4, 0.5) is 11.4 Å². The van der Waals surface area contributed by atoms with Crippen molar-refractivity contribution in [1.29, 1.82) is 0 Å². The van der Waals surface area contributed by atoms with Crippen LogP contribution in [-0.2, 0) is 19.6 Å². The molecule has 1 aliphatic rings. The van der Waals surface area contributed by atoms with E-state index in [0.29, 0.717) is 0 Å². The molecule has 41 heavy (non-hydrogen) atoms. The number of carbonyl (C=O) groups excluding carboxylic acids is 3. The first-order valence-corrected chi connectivity index (χ1v) is 13.8. The molecule has 1 saturated heterocycles. The molecule has 0 unspecified atom stereocenters. The molecule has 1 aliphatic heterocycles. The quantitative estimate of drug-likeness (QED) is 0.216. The minimum atomic E-state index is -4.37. The fourth-order valence-electron chi connectivity index (χ4n) is 3.93. The highest BCUT2D eigenvalue weighted by Gasteiger charge is 2.27. The van der Waals surface area contributed by atoms with E-state index in [1.165, 1.54) is 29.2 Å². The number of amides is 2. The molecule has 0 aliphatic carbocycles. The predicted molar refractivity (Wildman–Crippen MR) is 143 cm³/mol. The first-order chi connectivity index (χ1) is 19.5. The normalized spacial score (nSPS) is 13.4. The fourth-order valence-corrected chi connectivity index (χ4v) is 5.21. The minimum absolute atomic E-state index is 0.0254. The molecular formula is C25H23ClN4O10S. The van der Waals surface area contributed by atoms with Gasteiger partial charge in [-0.25, -0.2) is 13.2 Å². The Balaban J connectivity index is 1.39. The summed E-state index contributed by atoms with van der Waals surface area (Å²) in [4.78, 5) is 50.7. The van der Waals surface area contributed by atoms with Crippen molar-refractivity contribution < 1.29 is 41.6 Å². The molecule has 4 rings (SSSR count). The van der Waals surface area contributed by atoms with Crippen LogP contribution in [0.3, 0.4) is 0 Å². The molecular weight excluding hydrogens is 584 g/mol. The molecule has 2 heterocycles. The van der Waals surface area contributed by atoms with Gasteiger partial charge >= 0.3 is 5.97 Å². The van der Waals surface area contributed by atoms with Crippen LogP contribution in [0.2, 0.25) is 5.02 Å². The molecule has 3 aromatic rings. The van der Waals surface area contributed by atoms with Crippen molar-refractivity contribution in [3.8, 4) is 5.75 Å². The Hall–Kier alpha value is -4.63. The number of methoxy groups -OCH3 is 1. The van der Waals surface area contributed by atoms with Gasteiger partial charge in [0.2, 0.25) is 0 Å². The summed E-state index contributed by atoms with van der Waals surface area (Å²) in [5.41, 5.74) is -0.890. The van der Waals surface area contributed by atoms with E-state index in [-0.39, 0.29) is 65.6 Å². The third-order valence-corrected chi connectivity index (χ3v) is 7.78. The van der Waals surface area contributed by atoms with Crippen molar-refractivity contribution in [2.24, 2.45) is 0 Å². The third kappa shape index (κ3) is 6.75. The summed E-state index contributed by atoms with van der Waals surface area (Å²) in [5, 5.41) is 11.0. The van der Waals surface area contributed by atoms with E-state index in [4.69, 9.17) is 25.5 Å². The standard InChI is InChI=1S/C25H23ClN4O10S/c1-38-21-7-4-16(30(34)35)13-20(21)27-41(36,37)17-5-6-19(26)18(14-17)25(33)40-15-23(31)28-8-10-29(11-9-28)24(32)22-3-2-12-39-22/h2-7,12-14,27H,8-11,15H2,1H3. The summed E-state index contributed by atoms with van der Waals surface area (Å²) in [6.07, 6.45) is 1.39. The zero-order chi connectivity index (χ0) is 29.7. The van der Waals surface area contributed by atoms with Gasteiger partial charge in [0.1, 0.15) is 5.75 Å². The van der Waals surface area contributed by atoms with Crippen molar-refractivity contribution in [3.63, 3.8) is 0 Å². The number of furan rings is 1. The largest absolute Gasteiger partial charge is 0.495 e. The topological polar surface area (TPSA) is 179 Å². The lowest BCUT2D eigenvalue weighted by Crippen LogP contribution is -2.51. The Bertz CT molecular complexity index is 1590. The number of hydrogen-bond donors (Lipinski definition) is 1. The molecule has 1 fully saturated rings. The maximum absolute atomic E-state index is 13.0. The highest BCUT2D eigenvalue weighted by atomic mass is 35.5. The van der Waals surface area contributed by atoms with Crippen LogP contribution in [-0.4, -0.2) is 80.8 Å². The molecule has 1 aromatic heterocycles. The summed E-state index contributed by atoms with van der Waals surface area (Å²) in [5.74, 6) is -1.63. The van der Waals surface area contributed by atoms with Crippen LogP contribution in [0.25, 0.3) is 0 Å². The highest BCUT2D eigenvalue weighted by Crippen LogP contribution is 2.31. The molecule has 0 bridgehead atoms. The second-order valence-corrected chi connectivity index (χ2v) is 10.7. The number of sulfonamides is 1. The maximum Gasteiger partial charge on any atom is 0.340 e. The molecule has 0 radical (unpaired) electrons. The molecule has 216 valence electrons. The van der Waals surface area contributed by atoms with E-state index in [2.05, 4.69) is 4.72 Å². The zero-order valence-electron chi connectivity index (χ0n) is 21.4. The van der Waals surface area contributed by atoms with E-state index < -0.39 is 38.3 Å². The lowest BCUT2D eigenvalue weighted by molar-refractivity contribution is -0.384. The number of piperazine rings is 1. The SMILES string of the molecule is COc1ccc([N+](=O)[O-])cc1NS(=O)(=O)c1ccc(Cl)c(C(=O)OCC(=O)N2CCN(C(=O)c3ccco3)CC2)c1. The van der Waals surface area contributed by atoms with Crippen LogP contribution in [0.5, 0.6) is 5.75 Å². The predicted octanol–water partition coefficient (Wildman–Crippen LogP) is 2.79. The monoisotopic (exact) mass is 606 g/mol. The van der Waals surface area contributed by atoms with Gasteiger partial charge in [-0.1, -0.05) is 11.6 Å². The number of benzene rings is 2. The van der Waals surface area contributed by atoms with Crippen molar-refractivity contribution in [3.05, 3.63) is 81.3 Å². The van der Waals surface area contributed by atoms with Crippen LogP contribution in [0.1, 0.15) is 20.9 Å². The number of ether oxygens (including phenoxy) is 2. The number of nitrogens with zero attached hydrogens (tertiary/aromatic N) is 3. The molecule has 2 aromatic carbocycles. The van der Waals surface area contributed by atoms with Gasteiger partial charge in [0.05, 0.1) is 39.5 Å². The number of hydrogen-bond acceptors (Lipinski definition) is 10. The van der Waals surface area contributed by atoms with Crippen molar-refractivity contribution in [1.82, 2.24) is 9.80 Å². The van der Waals surface area contributed by atoms with E-state index in [0.717, 1.165) is 30.3 Å². The van der Waals surface area contributed by atoms with E-state index in [9.17, 15) is 32.9 Å². The van der Waals surface area contributed by atoms with Crippen molar-refractivity contribution in [2.45, 2.75) is 4.90 Å². The van der Waals surface area contributed by atoms with Crippen LogP contribution in [0.15, 0.2) is 64.1 Å². The molecule has 0 spiro atoms. The van der Waals surface area contributed by atoms with Gasteiger partial charge in [-0.15, -0.1) is 0 Å². The molecule has 1 N–H and O–H groups in total. The number of carbonyl (C=O) groups is 3. The van der Waals surface area contributed by atoms with Crippen LogP contribution in [0, 0.1) is 10.1 Å². The lowest BCUT2D eigenvalue weighted by Gasteiger charge is -2.34. The smallest absolute Gasteiger partial charge is 0.340 e. The van der Waals surface area contributed by atoms with Gasteiger partial charge in [0.15, 0.2) is 12.4 Å². The fraction of sp³-hybridized carbons (Fsp3) is 0.240. The van der Waals surface area contributed by atoms with Gasteiger partial charge < -0.3 is 23.7 Å². The maximum atomic E-state index is 13.0. The number of nitro benzene ring substituents is 1. The van der Waals surface area contributed by atoms with Gasteiger partial charge in [-0.2, -0.15) is 0 Å². The van der Waals surface area contributed by atoms with Gasteiger partial charge in [0, 0.05) is 38.3 Å². The van der Waals surface area contributed by atoms with E-state index in [1.807, 2.05) is 0 Å². The second-order valence-electron chi connectivity index (χ2n) is 8.62. The first-order valence-electron chi connectivity index (χ1n) is 11.9. The van der Waals surface area contributed by atoms with Crippen LogP contribution >= 0.6 is 11.6 Å². The number of non-ortho nitro benzene ring substituents is 1. The summed E-state index contributed by atoms with van der Waals surface area (Å²) >= 11 is 6.11. The molecule has 0 atom stereocenters. The highest BCUT2D eigenvalue weighted by molar-refractivity contribution is 7.92. The van der Waals surface area contributed by atoms with E-state index >= 15 is 0 Å². The summed E-state index contributed by atoms with van der Waals surface area (Å²) in [6.45, 7) is 0.302. The van der Waals surface area contributed by atoms with Gasteiger partial charge in [-0.05, 0) is 36.4 Å². The Morgan fingerprint density at radius 1 is 1.07 bits per heavy atom. The summed E-state index contributed by atoms with van der Waals surface area (Å²) < 4.78 is 43.6. The molecule has 0 saturated carbocycles. The zero-order valence-corrected chi connectivity index (χ0v) is 23.0. The molecule has 14 nitrogen and oxygen atoms in total. The number of nitro groups is 1. The molecule has 16 heteroatoms. The average Bonchev–Trinajstić information content (AvgIpc) is 3.50. The van der Waals surface area contributed by atoms with E-state index in [1.54, 1.807) is 12.1 Å². The summed E-state index contributed by atoms with van der Waals surface area (Å²) in [6, 6.07) is 9.76. The third-order valence-electron chi connectivity index (χ3n) is 6.08. The Kier molecular flexibility index (Phi) is 8.78. The lowest BCUT2D eigenvalue weighted by atomic mass is 10.2. The number of anilines is 1. The summed E-state index contributed by atoms with van der Waals surface area (Å²) in [7, 11) is -3.11. The first kappa shape index (κ1) is 29.4. The van der Waals surface area contributed by atoms with Crippen molar-refractivity contribution >= 4 is 50.8 Å². The second kappa shape index (κ2) is 12.3. The molecule has 2 amide bonds. The number of halogens is 1. The van der Waals surface area contributed by atoms with Crippen LogP contribution < -0.4 is 9.46 Å². The number of rotatable bonds is 9. The number of esters is 1. The Morgan fingerprint density at radius 2 is 1.78 bits per heavy atom.